The summed E-state index contributed by atoms with van der Waals surface area (Å²) in [6, 6.07) is 5.33. The van der Waals surface area contributed by atoms with E-state index in [-0.39, 0.29) is 16.9 Å². The molecule has 2 N–H and O–H groups in total. The molecule has 0 radical (unpaired) electrons. The first kappa shape index (κ1) is 13.2. The lowest BCUT2D eigenvalue weighted by atomic mass is 9.76. The highest BCUT2D eigenvalue weighted by molar-refractivity contribution is 5.43. The Labute approximate surface area is 109 Å². The molecule has 3 nitrogen and oxygen atoms in total. The van der Waals surface area contributed by atoms with Gasteiger partial charge in [-0.15, -0.1) is 0 Å². The highest BCUT2D eigenvalue weighted by Gasteiger charge is 2.35. The molecule has 0 spiro atoms. The second-order valence-electron chi connectivity index (χ2n) is 5.74. The third-order valence-corrected chi connectivity index (χ3v) is 4.19. The molecule has 0 amide bonds. The molecule has 0 bridgehead atoms. The summed E-state index contributed by atoms with van der Waals surface area (Å²) < 4.78 is 0. The number of phenolic OH excluding ortho intramolecular Hbond substituents is 2. The van der Waals surface area contributed by atoms with Crippen molar-refractivity contribution < 1.29 is 10.2 Å². The van der Waals surface area contributed by atoms with Crippen molar-refractivity contribution in [3.05, 3.63) is 23.8 Å². The number of hydrogen-bond acceptors (Lipinski definition) is 3. The molecule has 0 aromatic heterocycles. The van der Waals surface area contributed by atoms with Crippen LogP contribution in [0.25, 0.3) is 0 Å². The van der Waals surface area contributed by atoms with Crippen LogP contribution in [0.5, 0.6) is 11.5 Å². The summed E-state index contributed by atoms with van der Waals surface area (Å²) in [4.78, 5) is 2.21. The van der Waals surface area contributed by atoms with Gasteiger partial charge in [0.1, 0.15) is 0 Å². The number of hydrogen-bond donors (Lipinski definition) is 2. The van der Waals surface area contributed by atoms with Crippen LogP contribution in [-0.2, 0) is 5.41 Å². The third-order valence-electron chi connectivity index (χ3n) is 4.19. The Balaban J connectivity index is 2.25. The first-order chi connectivity index (χ1) is 8.53. The Morgan fingerprint density at radius 2 is 1.78 bits per heavy atom. The SMILES string of the molecule is CN(C)CCC1(c2ccc(O)c(O)c2)CCCC1. The normalized spacial score (nSPS) is 18.4. The van der Waals surface area contributed by atoms with Crippen molar-refractivity contribution >= 4 is 0 Å². The molecule has 0 atom stereocenters. The molecule has 0 aliphatic heterocycles. The fourth-order valence-corrected chi connectivity index (χ4v) is 3.03. The fraction of sp³-hybridized carbons (Fsp3) is 0.600. The zero-order chi connectivity index (χ0) is 13.2. The maximum atomic E-state index is 9.69. The first-order valence-corrected chi connectivity index (χ1v) is 6.71. The third kappa shape index (κ3) is 2.61. The lowest BCUT2D eigenvalue weighted by Gasteiger charge is -2.31. The van der Waals surface area contributed by atoms with E-state index in [0.717, 1.165) is 13.0 Å². The number of benzene rings is 1. The summed E-state index contributed by atoms with van der Waals surface area (Å²) in [6.07, 6.45) is 6.00. The predicted molar refractivity (Wildman–Crippen MR) is 73.1 cm³/mol. The Kier molecular flexibility index (Phi) is 3.81. The summed E-state index contributed by atoms with van der Waals surface area (Å²) in [5.41, 5.74) is 1.37. The Bertz CT molecular complexity index is 409. The summed E-state index contributed by atoms with van der Waals surface area (Å²) in [5.74, 6) is -0.0249. The van der Waals surface area contributed by atoms with Crippen molar-refractivity contribution in [2.75, 3.05) is 20.6 Å². The van der Waals surface area contributed by atoms with Crippen LogP contribution < -0.4 is 0 Å². The van der Waals surface area contributed by atoms with Crippen molar-refractivity contribution in [3.63, 3.8) is 0 Å². The van der Waals surface area contributed by atoms with Crippen molar-refractivity contribution in [1.29, 1.82) is 0 Å². The monoisotopic (exact) mass is 249 g/mol. The highest BCUT2D eigenvalue weighted by atomic mass is 16.3. The Morgan fingerprint density at radius 1 is 1.11 bits per heavy atom. The first-order valence-electron chi connectivity index (χ1n) is 6.71. The molecule has 0 saturated heterocycles. The number of phenols is 2. The summed E-state index contributed by atoms with van der Waals surface area (Å²) >= 11 is 0. The number of rotatable bonds is 4. The van der Waals surface area contributed by atoms with Crippen molar-refractivity contribution in [2.45, 2.75) is 37.5 Å². The molecule has 1 aromatic carbocycles. The van der Waals surface area contributed by atoms with Gasteiger partial charge >= 0.3 is 0 Å². The standard InChI is InChI=1S/C15H23NO2/c1-16(2)10-9-15(7-3-4-8-15)12-5-6-13(17)14(18)11-12/h5-6,11,17-18H,3-4,7-10H2,1-2H3. The number of aromatic hydroxyl groups is 2. The van der Waals surface area contributed by atoms with E-state index in [1.807, 2.05) is 6.07 Å². The molecule has 3 heteroatoms. The molecule has 1 aliphatic rings. The maximum absolute atomic E-state index is 9.69. The molecule has 100 valence electrons. The minimum Gasteiger partial charge on any atom is -0.504 e. The summed E-state index contributed by atoms with van der Waals surface area (Å²) in [6.45, 7) is 1.06. The van der Waals surface area contributed by atoms with Gasteiger partial charge in [-0.3, -0.25) is 0 Å². The molecule has 0 unspecified atom stereocenters. The van der Waals surface area contributed by atoms with Crippen LogP contribution in [0.1, 0.15) is 37.7 Å². The van der Waals surface area contributed by atoms with E-state index in [0.29, 0.717) is 0 Å². The van der Waals surface area contributed by atoms with E-state index in [2.05, 4.69) is 19.0 Å². The molecule has 0 heterocycles. The van der Waals surface area contributed by atoms with Crippen molar-refractivity contribution in [3.8, 4) is 11.5 Å². The van der Waals surface area contributed by atoms with Gasteiger partial charge in [0, 0.05) is 0 Å². The Hall–Kier alpha value is -1.22. The van der Waals surface area contributed by atoms with Crippen molar-refractivity contribution in [1.82, 2.24) is 4.90 Å². The quantitative estimate of drug-likeness (QED) is 0.806. The van der Waals surface area contributed by atoms with Crippen molar-refractivity contribution in [2.24, 2.45) is 0 Å². The van der Waals surface area contributed by atoms with E-state index in [9.17, 15) is 10.2 Å². The Morgan fingerprint density at radius 3 is 2.33 bits per heavy atom. The van der Waals surface area contributed by atoms with E-state index in [1.54, 1.807) is 12.1 Å². The van der Waals surface area contributed by atoms with Gasteiger partial charge in [-0.2, -0.15) is 0 Å². The lowest BCUT2D eigenvalue weighted by Crippen LogP contribution is -2.28. The average molecular weight is 249 g/mol. The molecule has 18 heavy (non-hydrogen) atoms. The lowest BCUT2D eigenvalue weighted by molar-refractivity contribution is 0.314. The minimum atomic E-state index is -0.0282. The van der Waals surface area contributed by atoms with Gasteiger partial charge in [-0.1, -0.05) is 18.9 Å². The van der Waals surface area contributed by atoms with Crippen LogP contribution in [0.2, 0.25) is 0 Å². The zero-order valence-corrected chi connectivity index (χ0v) is 11.3. The summed E-state index contributed by atoms with van der Waals surface area (Å²) in [5, 5.41) is 19.1. The van der Waals surface area contributed by atoms with Crippen LogP contribution >= 0.6 is 0 Å². The molecule has 1 aliphatic carbocycles. The van der Waals surface area contributed by atoms with Crippen LogP contribution in [0.15, 0.2) is 18.2 Å². The van der Waals surface area contributed by atoms with Gasteiger partial charge in [0.05, 0.1) is 0 Å². The van der Waals surface area contributed by atoms with Gasteiger partial charge in [0.25, 0.3) is 0 Å². The van der Waals surface area contributed by atoms with Crippen LogP contribution in [0.3, 0.4) is 0 Å². The van der Waals surface area contributed by atoms with Gasteiger partial charge in [-0.05, 0) is 63.0 Å². The fourth-order valence-electron chi connectivity index (χ4n) is 3.03. The van der Waals surface area contributed by atoms with E-state index >= 15 is 0 Å². The van der Waals surface area contributed by atoms with Crippen LogP contribution in [-0.4, -0.2) is 35.8 Å². The second-order valence-corrected chi connectivity index (χ2v) is 5.74. The predicted octanol–water partition coefficient (Wildman–Crippen LogP) is 2.86. The van der Waals surface area contributed by atoms with Gasteiger partial charge in [-0.25, -0.2) is 0 Å². The number of nitrogens with zero attached hydrogens (tertiary/aromatic N) is 1. The molecule has 2 rings (SSSR count). The molecular formula is C15H23NO2. The molecule has 1 aromatic rings. The maximum Gasteiger partial charge on any atom is 0.157 e. The smallest absolute Gasteiger partial charge is 0.157 e. The van der Waals surface area contributed by atoms with E-state index < -0.39 is 0 Å². The topological polar surface area (TPSA) is 43.7 Å². The van der Waals surface area contributed by atoms with Gasteiger partial charge in [0.2, 0.25) is 0 Å². The van der Waals surface area contributed by atoms with E-state index in [4.69, 9.17) is 0 Å². The van der Waals surface area contributed by atoms with Crippen LogP contribution in [0.4, 0.5) is 0 Å². The summed E-state index contributed by atoms with van der Waals surface area (Å²) in [7, 11) is 4.19. The van der Waals surface area contributed by atoms with Crippen LogP contribution in [0, 0.1) is 0 Å². The molecule has 1 saturated carbocycles. The highest BCUT2D eigenvalue weighted by Crippen LogP contribution is 2.45. The minimum absolute atomic E-state index is 0.00336. The second kappa shape index (κ2) is 5.19. The van der Waals surface area contributed by atoms with Gasteiger partial charge in [0.15, 0.2) is 11.5 Å². The van der Waals surface area contributed by atoms with E-state index in [1.165, 1.54) is 31.2 Å². The average Bonchev–Trinajstić information content (AvgIpc) is 2.80. The largest absolute Gasteiger partial charge is 0.504 e. The molecular weight excluding hydrogens is 226 g/mol. The van der Waals surface area contributed by atoms with Gasteiger partial charge < -0.3 is 15.1 Å². The molecule has 1 fully saturated rings. The zero-order valence-electron chi connectivity index (χ0n) is 11.3.